The molecular formula is C14H7Br2O3-. The molecule has 1 aromatic heterocycles. The Morgan fingerprint density at radius 2 is 1.89 bits per heavy atom. The largest absolute Gasteiger partial charge is 0.550 e. The number of carbonyl (C=O) groups is 1. The van der Waals surface area contributed by atoms with Crippen molar-refractivity contribution < 1.29 is 14.3 Å². The van der Waals surface area contributed by atoms with E-state index in [1.807, 2.05) is 30.3 Å². The van der Waals surface area contributed by atoms with Gasteiger partial charge in [0.15, 0.2) is 4.67 Å². The molecule has 2 aromatic carbocycles. The van der Waals surface area contributed by atoms with Crippen molar-refractivity contribution in [1.82, 2.24) is 0 Å². The van der Waals surface area contributed by atoms with Crippen LogP contribution in [-0.2, 0) is 11.2 Å². The summed E-state index contributed by atoms with van der Waals surface area (Å²) >= 11 is 6.77. The van der Waals surface area contributed by atoms with Gasteiger partial charge in [-0.1, -0.05) is 40.2 Å². The van der Waals surface area contributed by atoms with Gasteiger partial charge in [0.25, 0.3) is 0 Å². The number of carbonyl (C=O) groups excluding carboxylic acids is 1. The molecule has 0 amide bonds. The number of halogens is 2. The zero-order valence-corrected chi connectivity index (χ0v) is 12.7. The zero-order chi connectivity index (χ0) is 13.6. The molecule has 0 fully saturated rings. The SMILES string of the molecule is O=C([O-])Cc1c(Br)oc2cc(Br)c3ccccc3c12. The summed E-state index contributed by atoms with van der Waals surface area (Å²) in [5.74, 6) is -1.13. The fourth-order valence-corrected chi connectivity index (χ4v) is 3.32. The molecule has 3 nitrogen and oxygen atoms in total. The first-order chi connectivity index (χ1) is 9.08. The Kier molecular flexibility index (Phi) is 3.11. The summed E-state index contributed by atoms with van der Waals surface area (Å²) < 4.78 is 6.94. The van der Waals surface area contributed by atoms with Gasteiger partial charge in [-0.15, -0.1) is 0 Å². The number of aliphatic carboxylic acids is 1. The Labute approximate surface area is 125 Å². The number of carboxylic acid groups (broad SMARTS) is 1. The van der Waals surface area contributed by atoms with Crippen LogP contribution in [0.15, 0.2) is 43.9 Å². The van der Waals surface area contributed by atoms with E-state index < -0.39 is 5.97 Å². The second-order valence-electron chi connectivity index (χ2n) is 4.18. The van der Waals surface area contributed by atoms with Crippen LogP contribution in [0.3, 0.4) is 0 Å². The monoisotopic (exact) mass is 381 g/mol. The first kappa shape index (κ1) is 12.7. The summed E-state index contributed by atoms with van der Waals surface area (Å²) in [4.78, 5) is 10.9. The minimum Gasteiger partial charge on any atom is -0.550 e. The second kappa shape index (κ2) is 4.65. The topological polar surface area (TPSA) is 53.3 Å². The van der Waals surface area contributed by atoms with Crippen LogP contribution in [0.4, 0.5) is 0 Å². The summed E-state index contributed by atoms with van der Waals surface area (Å²) in [6, 6.07) is 9.62. The summed E-state index contributed by atoms with van der Waals surface area (Å²) in [6.45, 7) is 0. The number of carboxylic acids is 1. The lowest BCUT2D eigenvalue weighted by Crippen LogP contribution is -2.24. The van der Waals surface area contributed by atoms with E-state index in [0.717, 1.165) is 20.6 Å². The number of furan rings is 1. The third-order valence-electron chi connectivity index (χ3n) is 3.02. The Hall–Kier alpha value is -1.33. The van der Waals surface area contributed by atoms with Crippen molar-refractivity contribution in [3.8, 4) is 0 Å². The standard InChI is InChI=1S/C14H8Br2O3/c15-10-6-11-13(8-4-2-1-3-7(8)10)9(5-12(17)18)14(16)19-11/h1-4,6H,5H2,(H,17,18)/p-1. The van der Waals surface area contributed by atoms with Crippen LogP contribution in [0.2, 0.25) is 0 Å². The molecule has 3 aromatic rings. The van der Waals surface area contributed by atoms with E-state index in [4.69, 9.17) is 4.42 Å². The molecule has 0 aliphatic carbocycles. The Morgan fingerprint density at radius 1 is 1.21 bits per heavy atom. The smallest absolute Gasteiger partial charge is 0.174 e. The van der Waals surface area contributed by atoms with Gasteiger partial charge in [-0.3, -0.25) is 0 Å². The van der Waals surface area contributed by atoms with Crippen LogP contribution in [-0.4, -0.2) is 5.97 Å². The third-order valence-corrected chi connectivity index (χ3v) is 4.31. The molecule has 0 saturated carbocycles. The minimum atomic E-state index is -1.13. The van der Waals surface area contributed by atoms with Crippen molar-refractivity contribution in [2.75, 3.05) is 0 Å². The second-order valence-corrected chi connectivity index (χ2v) is 5.75. The molecule has 0 atom stereocenters. The Balaban J connectivity index is 2.47. The Morgan fingerprint density at radius 3 is 2.58 bits per heavy atom. The average molecular weight is 383 g/mol. The van der Waals surface area contributed by atoms with Crippen molar-refractivity contribution in [2.45, 2.75) is 6.42 Å². The quantitative estimate of drug-likeness (QED) is 0.682. The van der Waals surface area contributed by atoms with Crippen molar-refractivity contribution >= 4 is 59.6 Å². The van der Waals surface area contributed by atoms with Gasteiger partial charge in [0.1, 0.15) is 5.58 Å². The van der Waals surface area contributed by atoms with Crippen LogP contribution in [0.5, 0.6) is 0 Å². The molecule has 5 heteroatoms. The van der Waals surface area contributed by atoms with Crippen molar-refractivity contribution in [3.05, 3.63) is 45.0 Å². The summed E-state index contributed by atoms with van der Waals surface area (Å²) in [5.41, 5.74) is 1.26. The van der Waals surface area contributed by atoms with Crippen LogP contribution in [0.25, 0.3) is 21.7 Å². The molecule has 96 valence electrons. The van der Waals surface area contributed by atoms with E-state index in [2.05, 4.69) is 31.9 Å². The number of hydrogen-bond donors (Lipinski definition) is 0. The molecule has 0 aliphatic heterocycles. The van der Waals surface area contributed by atoms with Gasteiger partial charge in [0, 0.05) is 27.8 Å². The number of benzene rings is 2. The van der Waals surface area contributed by atoms with Gasteiger partial charge in [-0.25, -0.2) is 0 Å². The van der Waals surface area contributed by atoms with Gasteiger partial charge in [0.2, 0.25) is 0 Å². The molecule has 0 unspecified atom stereocenters. The number of fused-ring (bicyclic) bond motifs is 3. The lowest BCUT2D eigenvalue weighted by atomic mass is 10.0. The van der Waals surface area contributed by atoms with Gasteiger partial charge in [-0.05, 0) is 32.8 Å². The highest BCUT2D eigenvalue weighted by molar-refractivity contribution is 9.10. The van der Waals surface area contributed by atoms with E-state index in [1.165, 1.54) is 0 Å². The van der Waals surface area contributed by atoms with E-state index in [-0.39, 0.29) is 6.42 Å². The number of rotatable bonds is 2. The maximum Gasteiger partial charge on any atom is 0.174 e. The highest BCUT2D eigenvalue weighted by Crippen LogP contribution is 2.38. The lowest BCUT2D eigenvalue weighted by molar-refractivity contribution is -0.304. The van der Waals surface area contributed by atoms with E-state index >= 15 is 0 Å². The normalized spacial score (nSPS) is 11.3. The summed E-state index contributed by atoms with van der Waals surface area (Å²) in [6.07, 6.45) is -0.181. The third kappa shape index (κ3) is 2.07. The van der Waals surface area contributed by atoms with Crippen LogP contribution in [0, 0.1) is 0 Å². The summed E-state index contributed by atoms with van der Waals surface area (Å²) in [5, 5.41) is 13.7. The molecule has 0 bridgehead atoms. The zero-order valence-electron chi connectivity index (χ0n) is 9.57. The van der Waals surface area contributed by atoms with Gasteiger partial charge in [0.05, 0.1) is 0 Å². The predicted octanol–water partition coefficient (Wildman–Crippen LogP) is 3.40. The molecule has 0 aliphatic rings. The molecule has 0 saturated heterocycles. The van der Waals surface area contributed by atoms with E-state index in [1.54, 1.807) is 0 Å². The summed E-state index contributed by atoms with van der Waals surface area (Å²) in [7, 11) is 0. The van der Waals surface area contributed by atoms with Crippen molar-refractivity contribution in [1.29, 1.82) is 0 Å². The van der Waals surface area contributed by atoms with Gasteiger partial charge >= 0.3 is 0 Å². The maximum atomic E-state index is 10.9. The van der Waals surface area contributed by atoms with Crippen molar-refractivity contribution in [2.24, 2.45) is 0 Å². The highest BCUT2D eigenvalue weighted by atomic mass is 79.9. The average Bonchev–Trinajstić information content (AvgIpc) is 2.66. The van der Waals surface area contributed by atoms with Crippen molar-refractivity contribution in [3.63, 3.8) is 0 Å². The van der Waals surface area contributed by atoms with Gasteiger partial charge in [-0.2, -0.15) is 0 Å². The number of hydrogen-bond acceptors (Lipinski definition) is 3. The molecule has 0 N–H and O–H groups in total. The highest BCUT2D eigenvalue weighted by Gasteiger charge is 2.16. The fourth-order valence-electron chi connectivity index (χ4n) is 2.26. The van der Waals surface area contributed by atoms with E-state index in [0.29, 0.717) is 15.8 Å². The van der Waals surface area contributed by atoms with Crippen LogP contribution >= 0.6 is 31.9 Å². The van der Waals surface area contributed by atoms with E-state index in [9.17, 15) is 9.90 Å². The minimum absolute atomic E-state index is 0.181. The first-order valence-electron chi connectivity index (χ1n) is 5.56. The fraction of sp³-hybridized carbons (Fsp3) is 0.0714. The molecule has 19 heavy (non-hydrogen) atoms. The molecule has 0 radical (unpaired) electrons. The lowest BCUT2D eigenvalue weighted by Gasteiger charge is -2.05. The van der Waals surface area contributed by atoms with Gasteiger partial charge < -0.3 is 14.3 Å². The molecular weight excluding hydrogens is 376 g/mol. The van der Waals surface area contributed by atoms with Crippen LogP contribution in [0.1, 0.15) is 5.56 Å². The van der Waals surface area contributed by atoms with Crippen LogP contribution < -0.4 is 5.11 Å². The first-order valence-corrected chi connectivity index (χ1v) is 7.14. The maximum absolute atomic E-state index is 10.9. The molecule has 1 heterocycles. The molecule has 0 spiro atoms. The molecule has 3 rings (SSSR count). The predicted molar refractivity (Wildman–Crippen MR) is 77.8 cm³/mol. The Bertz CT molecular complexity index is 805.